The number of hydrogen-bond acceptors (Lipinski definition) is 3. The van der Waals surface area contributed by atoms with E-state index in [1.54, 1.807) is 0 Å². The van der Waals surface area contributed by atoms with Gasteiger partial charge in [0.2, 0.25) is 5.91 Å². The van der Waals surface area contributed by atoms with Gasteiger partial charge in [0, 0.05) is 28.6 Å². The van der Waals surface area contributed by atoms with Crippen LogP contribution in [0.3, 0.4) is 0 Å². The van der Waals surface area contributed by atoms with Crippen molar-refractivity contribution in [3.63, 3.8) is 0 Å². The van der Waals surface area contributed by atoms with Crippen molar-refractivity contribution >= 4 is 27.5 Å². The summed E-state index contributed by atoms with van der Waals surface area (Å²) in [5, 5.41) is 2.97. The Balaban J connectivity index is 2.10. The van der Waals surface area contributed by atoms with Gasteiger partial charge in [-0.25, -0.2) is 0 Å². The molecule has 0 radical (unpaired) electrons. The molecule has 0 fully saturated rings. The molecule has 1 amide bonds. The van der Waals surface area contributed by atoms with Gasteiger partial charge >= 0.3 is 0 Å². The van der Waals surface area contributed by atoms with E-state index in [4.69, 9.17) is 9.47 Å². The van der Waals surface area contributed by atoms with Crippen molar-refractivity contribution in [3.05, 3.63) is 51.5 Å². The Morgan fingerprint density at radius 2 is 1.80 bits per heavy atom. The number of carbonyl (C=O) groups is 1. The van der Waals surface area contributed by atoms with Gasteiger partial charge in [-0.2, -0.15) is 0 Å². The largest absolute Gasteiger partial charge is 0.490 e. The summed E-state index contributed by atoms with van der Waals surface area (Å²) in [5.74, 6) is 1.39. The number of fused-ring (bicyclic) bond motifs is 1. The third kappa shape index (κ3) is 3.66. The van der Waals surface area contributed by atoms with Gasteiger partial charge in [0.15, 0.2) is 11.5 Å². The molecule has 5 heteroatoms. The lowest BCUT2D eigenvalue weighted by atomic mass is 9.84. The molecular formula is C20H22BrNO3. The standard InChI is InChI=1S/C20H22BrNO3/c1-4-24-18-9-15-14(13-7-6-12(3)16(21)8-13)10-20(23)22-17(15)11-19(18)25-5-2/h6-9,11,14H,4-5,10H2,1-3H3,(H,22,23)/t14-/m1/s1. The van der Waals surface area contributed by atoms with Gasteiger partial charge in [0.1, 0.15) is 0 Å². The van der Waals surface area contributed by atoms with Gasteiger partial charge in [-0.1, -0.05) is 28.1 Å². The quantitative estimate of drug-likeness (QED) is 0.761. The van der Waals surface area contributed by atoms with E-state index in [2.05, 4.69) is 46.4 Å². The molecule has 1 aliphatic heterocycles. The van der Waals surface area contributed by atoms with Crippen LogP contribution in [0.5, 0.6) is 11.5 Å². The number of carbonyl (C=O) groups excluding carboxylic acids is 1. The summed E-state index contributed by atoms with van der Waals surface area (Å²) in [6, 6.07) is 10.1. The molecule has 1 atom stereocenters. The van der Waals surface area contributed by atoms with E-state index in [1.165, 1.54) is 5.56 Å². The molecule has 0 spiro atoms. The minimum atomic E-state index is -0.00414. The fraction of sp³-hybridized carbons (Fsp3) is 0.350. The fourth-order valence-corrected chi connectivity index (χ4v) is 3.53. The van der Waals surface area contributed by atoms with E-state index in [0.29, 0.717) is 25.4 Å². The minimum Gasteiger partial charge on any atom is -0.490 e. The van der Waals surface area contributed by atoms with Crippen LogP contribution in [-0.2, 0) is 4.79 Å². The second kappa shape index (κ2) is 7.48. The van der Waals surface area contributed by atoms with Crippen LogP contribution in [0.1, 0.15) is 42.9 Å². The average Bonchev–Trinajstić information content (AvgIpc) is 2.58. The summed E-state index contributed by atoms with van der Waals surface area (Å²) in [5.41, 5.74) is 4.14. The van der Waals surface area contributed by atoms with Gasteiger partial charge in [-0.15, -0.1) is 0 Å². The van der Waals surface area contributed by atoms with Crippen LogP contribution in [0.15, 0.2) is 34.8 Å². The summed E-state index contributed by atoms with van der Waals surface area (Å²) in [6.45, 7) is 7.04. The maximum atomic E-state index is 12.2. The van der Waals surface area contributed by atoms with E-state index in [1.807, 2.05) is 26.0 Å². The number of hydrogen-bond donors (Lipinski definition) is 1. The molecule has 0 aromatic heterocycles. The highest BCUT2D eigenvalue weighted by molar-refractivity contribution is 9.10. The lowest BCUT2D eigenvalue weighted by molar-refractivity contribution is -0.116. The zero-order chi connectivity index (χ0) is 18.0. The predicted octanol–water partition coefficient (Wildman–Crippen LogP) is 5.03. The number of halogens is 1. The van der Waals surface area contributed by atoms with Crippen LogP contribution in [0.2, 0.25) is 0 Å². The second-order valence-corrected chi connectivity index (χ2v) is 6.92. The molecule has 3 rings (SSSR count). The van der Waals surface area contributed by atoms with Crippen molar-refractivity contribution in [2.45, 2.75) is 33.1 Å². The van der Waals surface area contributed by atoms with E-state index in [9.17, 15) is 4.79 Å². The third-order valence-corrected chi connectivity index (χ3v) is 5.21. The highest BCUT2D eigenvalue weighted by atomic mass is 79.9. The molecule has 1 heterocycles. The monoisotopic (exact) mass is 403 g/mol. The minimum absolute atomic E-state index is 0.00414. The Bertz CT molecular complexity index is 804. The molecule has 0 unspecified atom stereocenters. The first kappa shape index (κ1) is 17.8. The molecule has 0 bridgehead atoms. The molecule has 25 heavy (non-hydrogen) atoms. The molecule has 1 N–H and O–H groups in total. The van der Waals surface area contributed by atoms with Gasteiger partial charge in [0.25, 0.3) is 0 Å². The summed E-state index contributed by atoms with van der Waals surface area (Å²) in [4.78, 5) is 12.2. The van der Waals surface area contributed by atoms with E-state index in [0.717, 1.165) is 27.0 Å². The molecule has 132 valence electrons. The topological polar surface area (TPSA) is 47.6 Å². The van der Waals surface area contributed by atoms with Crippen LogP contribution in [0, 0.1) is 6.92 Å². The van der Waals surface area contributed by atoms with Gasteiger partial charge in [0.05, 0.1) is 13.2 Å². The molecule has 1 aliphatic rings. The highest BCUT2D eigenvalue weighted by Gasteiger charge is 2.28. The smallest absolute Gasteiger partial charge is 0.225 e. The van der Waals surface area contributed by atoms with Crippen LogP contribution in [0.4, 0.5) is 5.69 Å². The second-order valence-electron chi connectivity index (χ2n) is 6.07. The average molecular weight is 404 g/mol. The van der Waals surface area contributed by atoms with Crippen LogP contribution in [0.25, 0.3) is 0 Å². The van der Waals surface area contributed by atoms with Gasteiger partial charge in [-0.3, -0.25) is 4.79 Å². The molecule has 0 aliphatic carbocycles. The van der Waals surface area contributed by atoms with Crippen molar-refractivity contribution in [1.29, 1.82) is 0 Å². The Hall–Kier alpha value is -2.01. The number of ether oxygens (including phenoxy) is 2. The van der Waals surface area contributed by atoms with Crippen molar-refractivity contribution < 1.29 is 14.3 Å². The summed E-state index contributed by atoms with van der Waals surface area (Å²) >= 11 is 3.59. The SMILES string of the molecule is CCOc1cc2c(cc1OCC)[C@@H](c1ccc(C)c(Br)c1)CC(=O)N2. The Labute approximate surface area is 156 Å². The number of benzene rings is 2. The van der Waals surface area contributed by atoms with Crippen molar-refractivity contribution in [3.8, 4) is 11.5 Å². The van der Waals surface area contributed by atoms with Gasteiger partial charge < -0.3 is 14.8 Å². The number of nitrogens with one attached hydrogen (secondary N) is 1. The Morgan fingerprint density at radius 3 is 2.44 bits per heavy atom. The van der Waals surface area contributed by atoms with Crippen molar-refractivity contribution in [1.82, 2.24) is 0 Å². The first-order valence-electron chi connectivity index (χ1n) is 8.52. The highest BCUT2D eigenvalue weighted by Crippen LogP contribution is 2.43. The van der Waals surface area contributed by atoms with E-state index >= 15 is 0 Å². The molecule has 2 aromatic carbocycles. The third-order valence-electron chi connectivity index (χ3n) is 4.35. The predicted molar refractivity (Wildman–Crippen MR) is 103 cm³/mol. The van der Waals surface area contributed by atoms with Crippen molar-refractivity contribution in [2.24, 2.45) is 0 Å². The summed E-state index contributed by atoms with van der Waals surface area (Å²) in [6.07, 6.45) is 0.419. The summed E-state index contributed by atoms with van der Waals surface area (Å²) < 4.78 is 12.5. The van der Waals surface area contributed by atoms with Gasteiger partial charge in [-0.05, 0) is 49.6 Å². The van der Waals surface area contributed by atoms with E-state index in [-0.39, 0.29) is 11.8 Å². The Kier molecular flexibility index (Phi) is 5.33. The molecular weight excluding hydrogens is 382 g/mol. The molecule has 0 saturated heterocycles. The van der Waals surface area contributed by atoms with Crippen LogP contribution < -0.4 is 14.8 Å². The zero-order valence-corrected chi connectivity index (χ0v) is 16.3. The number of rotatable bonds is 5. The molecule has 0 saturated carbocycles. The van der Waals surface area contributed by atoms with Crippen LogP contribution >= 0.6 is 15.9 Å². The molecule has 4 nitrogen and oxygen atoms in total. The maximum absolute atomic E-state index is 12.2. The molecule has 2 aromatic rings. The first-order valence-corrected chi connectivity index (χ1v) is 9.32. The van der Waals surface area contributed by atoms with Crippen molar-refractivity contribution in [2.75, 3.05) is 18.5 Å². The number of aryl methyl sites for hydroxylation is 1. The zero-order valence-electron chi connectivity index (χ0n) is 14.7. The normalized spacial score (nSPS) is 16.2. The number of amides is 1. The maximum Gasteiger partial charge on any atom is 0.225 e. The van der Waals surface area contributed by atoms with Crippen LogP contribution in [-0.4, -0.2) is 19.1 Å². The fourth-order valence-electron chi connectivity index (χ4n) is 3.13. The van der Waals surface area contributed by atoms with E-state index < -0.39 is 0 Å². The summed E-state index contributed by atoms with van der Waals surface area (Å²) in [7, 11) is 0. The number of anilines is 1. The lowest BCUT2D eigenvalue weighted by Gasteiger charge is -2.28. The first-order chi connectivity index (χ1) is 12.0. The lowest BCUT2D eigenvalue weighted by Crippen LogP contribution is -2.23. The Morgan fingerprint density at radius 1 is 1.12 bits per heavy atom.